The molecule has 2 N–H and O–H groups in total. The van der Waals surface area contributed by atoms with Gasteiger partial charge in [-0.25, -0.2) is 4.98 Å². The third kappa shape index (κ3) is 4.87. The zero-order valence-electron chi connectivity index (χ0n) is 14.5. The number of aliphatic hydroxyl groups excluding tert-OH is 1. The van der Waals surface area contributed by atoms with Crippen LogP contribution in [0.15, 0.2) is 36.5 Å². The molecule has 1 atom stereocenters. The van der Waals surface area contributed by atoms with Crippen LogP contribution >= 0.6 is 11.3 Å². The van der Waals surface area contributed by atoms with Crippen molar-refractivity contribution in [2.75, 3.05) is 13.2 Å². The summed E-state index contributed by atoms with van der Waals surface area (Å²) in [6.07, 6.45) is 1.97. The molecule has 2 aromatic rings. The molecule has 126 valence electrons. The summed E-state index contributed by atoms with van der Waals surface area (Å²) in [5.74, 6) is 0.755. The maximum atomic E-state index is 9.77. The molecule has 2 rings (SSSR count). The van der Waals surface area contributed by atoms with E-state index in [1.807, 2.05) is 12.3 Å². The molecule has 0 aliphatic heterocycles. The summed E-state index contributed by atoms with van der Waals surface area (Å²) in [6.45, 7) is 10.4. The van der Waals surface area contributed by atoms with Crippen LogP contribution < -0.4 is 5.32 Å². The summed E-state index contributed by atoms with van der Waals surface area (Å²) in [5, 5.41) is 14.5. The van der Waals surface area contributed by atoms with Gasteiger partial charge in [0.1, 0.15) is 0 Å². The number of hydrogen-bond acceptors (Lipinski definition) is 4. The molecular formula is C19H28N2OS. The Bertz CT molecular complexity index is 592. The van der Waals surface area contributed by atoms with E-state index < -0.39 is 0 Å². The minimum Gasteiger partial charge on any atom is -0.396 e. The van der Waals surface area contributed by atoms with Crippen LogP contribution in [-0.2, 0) is 6.54 Å². The first-order chi connectivity index (χ1) is 10.9. The Balaban J connectivity index is 2.01. The second-order valence-electron chi connectivity index (χ2n) is 7.06. The summed E-state index contributed by atoms with van der Waals surface area (Å²) < 4.78 is 0. The Morgan fingerprint density at radius 3 is 2.48 bits per heavy atom. The van der Waals surface area contributed by atoms with E-state index in [0.29, 0.717) is 5.92 Å². The number of thiazole rings is 1. The first-order valence-electron chi connectivity index (χ1n) is 8.25. The molecule has 0 saturated carbocycles. The summed E-state index contributed by atoms with van der Waals surface area (Å²) in [6, 6.07) is 10.5. The standard InChI is InChI=1S/C19H28N2OS/c1-14(2)18-21-11-16(23-18)10-20-12-17(19(3,4)13-22)15-8-6-5-7-9-15/h5-9,11,14,17,20,22H,10,12-13H2,1-4H3. The largest absolute Gasteiger partial charge is 0.396 e. The van der Waals surface area contributed by atoms with E-state index in [2.05, 4.69) is 62.3 Å². The molecule has 1 aromatic heterocycles. The van der Waals surface area contributed by atoms with E-state index in [-0.39, 0.29) is 17.9 Å². The highest BCUT2D eigenvalue weighted by Gasteiger charge is 2.29. The molecule has 0 bridgehead atoms. The van der Waals surface area contributed by atoms with Crippen LogP contribution in [0.25, 0.3) is 0 Å². The molecule has 0 radical (unpaired) electrons. The molecule has 0 fully saturated rings. The number of rotatable bonds is 8. The average molecular weight is 333 g/mol. The summed E-state index contributed by atoms with van der Waals surface area (Å²) >= 11 is 1.78. The highest BCUT2D eigenvalue weighted by atomic mass is 32.1. The van der Waals surface area contributed by atoms with Crippen molar-refractivity contribution in [2.24, 2.45) is 5.41 Å². The quantitative estimate of drug-likeness (QED) is 0.763. The van der Waals surface area contributed by atoms with Gasteiger partial charge in [-0.1, -0.05) is 58.0 Å². The number of benzene rings is 1. The predicted molar refractivity (Wildman–Crippen MR) is 98.0 cm³/mol. The molecule has 0 aliphatic rings. The first kappa shape index (κ1) is 18.1. The van der Waals surface area contributed by atoms with Gasteiger partial charge in [0, 0.05) is 42.6 Å². The van der Waals surface area contributed by atoms with Gasteiger partial charge in [-0.2, -0.15) is 0 Å². The Hall–Kier alpha value is -1.23. The van der Waals surface area contributed by atoms with Crippen molar-refractivity contribution in [3.63, 3.8) is 0 Å². The lowest BCUT2D eigenvalue weighted by atomic mass is 9.75. The smallest absolute Gasteiger partial charge is 0.0953 e. The second-order valence-corrected chi connectivity index (χ2v) is 8.21. The minimum absolute atomic E-state index is 0.162. The van der Waals surface area contributed by atoms with Gasteiger partial charge >= 0.3 is 0 Å². The molecule has 0 aliphatic carbocycles. The number of aromatic nitrogens is 1. The number of nitrogens with one attached hydrogen (secondary N) is 1. The maximum Gasteiger partial charge on any atom is 0.0953 e. The third-order valence-corrected chi connectivity index (χ3v) is 5.56. The van der Waals surface area contributed by atoms with E-state index in [9.17, 15) is 5.11 Å². The van der Waals surface area contributed by atoms with Crippen molar-refractivity contribution in [2.45, 2.75) is 46.1 Å². The molecule has 3 nitrogen and oxygen atoms in total. The van der Waals surface area contributed by atoms with Crippen LogP contribution in [0.4, 0.5) is 0 Å². The molecule has 1 aromatic carbocycles. The predicted octanol–water partition coefficient (Wildman–Crippen LogP) is 4.16. The van der Waals surface area contributed by atoms with Gasteiger partial charge in [0.05, 0.1) is 5.01 Å². The van der Waals surface area contributed by atoms with Gasteiger partial charge in [0.25, 0.3) is 0 Å². The summed E-state index contributed by atoms with van der Waals surface area (Å²) in [5.41, 5.74) is 1.11. The molecule has 0 amide bonds. The highest BCUT2D eigenvalue weighted by Crippen LogP contribution is 2.34. The summed E-state index contributed by atoms with van der Waals surface area (Å²) in [7, 11) is 0. The Morgan fingerprint density at radius 2 is 1.91 bits per heavy atom. The monoisotopic (exact) mass is 332 g/mol. The average Bonchev–Trinajstić information content (AvgIpc) is 3.01. The summed E-state index contributed by atoms with van der Waals surface area (Å²) in [4.78, 5) is 5.74. The zero-order valence-corrected chi connectivity index (χ0v) is 15.4. The lowest BCUT2D eigenvalue weighted by Crippen LogP contribution is -2.34. The van der Waals surface area contributed by atoms with Crippen LogP contribution in [0, 0.1) is 5.41 Å². The fraction of sp³-hybridized carbons (Fsp3) is 0.526. The van der Waals surface area contributed by atoms with Crippen molar-refractivity contribution in [1.82, 2.24) is 10.3 Å². The Morgan fingerprint density at radius 1 is 1.22 bits per heavy atom. The molecule has 4 heteroatoms. The van der Waals surface area contributed by atoms with Crippen LogP contribution in [0.1, 0.15) is 55.0 Å². The topological polar surface area (TPSA) is 45.2 Å². The van der Waals surface area contributed by atoms with Gasteiger partial charge in [0.15, 0.2) is 0 Å². The third-order valence-electron chi connectivity index (χ3n) is 4.27. The van der Waals surface area contributed by atoms with Crippen molar-refractivity contribution in [1.29, 1.82) is 0 Å². The minimum atomic E-state index is -0.162. The number of aliphatic hydroxyl groups is 1. The van der Waals surface area contributed by atoms with Crippen LogP contribution in [0.3, 0.4) is 0 Å². The van der Waals surface area contributed by atoms with E-state index in [1.54, 1.807) is 11.3 Å². The van der Waals surface area contributed by atoms with E-state index >= 15 is 0 Å². The van der Waals surface area contributed by atoms with Gasteiger partial charge in [-0.05, 0) is 11.0 Å². The maximum absolute atomic E-state index is 9.77. The molecule has 0 saturated heterocycles. The molecule has 0 spiro atoms. The molecule has 1 heterocycles. The fourth-order valence-electron chi connectivity index (χ4n) is 2.65. The second kappa shape index (κ2) is 8.04. The van der Waals surface area contributed by atoms with E-state index in [4.69, 9.17) is 0 Å². The van der Waals surface area contributed by atoms with Crippen molar-refractivity contribution >= 4 is 11.3 Å². The van der Waals surface area contributed by atoms with Gasteiger partial charge in [-0.3, -0.25) is 0 Å². The fourth-order valence-corrected chi connectivity index (χ4v) is 3.54. The van der Waals surface area contributed by atoms with Crippen LogP contribution in [0.2, 0.25) is 0 Å². The van der Waals surface area contributed by atoms with E-state index in [1.165, 1.54) is 15.4 Å². The molecule has 23 heavy (non-hydrogen) atoms. The number of hydrogen-bond donors (Lipinski definition) is 2. The highest BCUT2D eigenvalue weighted by molar-refractivity contribution is 7.11. The van der Waals surface area contributed by atoms with Crippen LogP contribution in [-0.4, -0.2) is 23.2 Å². The normalized spacial score (nSPS) is 13.5. The van der Waals surface area contributed by atoms with E-state index in [0.717, 1.165) is 13.1 Å². The molecular weight excluding hydrogens is 304 g/mol. The lowest BCUT2D eigenvalue weighted by Gasteiger charge is -2.33. The van der Waals surface area contributed by atoms with Gasteiger partial charge in [0.2, 0.25) is 0 Å². The first-order valence-corrected chi connectivity index (χ1v) is 9.07. The van der Waals surface area contributed by atoms with Crippen molar-refractivity contribution < 1.29 is 5.11 Å². The van der Waals surface area contributed by atoms with Crippen molar-refractivity contribution in [3.8, 4) is 0 Å². The Labute approximate surface area is 143 Å². The SMILES string of the molecule is CC(C)c1ncc(CNCC(c2ccccc2)C(C)(C)CO)s1. The lowest BCUT2D eigenvalue weighted by molar-refractivity contribution is 0.129. The number of nitrogens with zero attached hydrogens (tertiary/aromatic N) is 1. The molecule has 1 unspecified atom stereocenters. The van der Waals surface area contributed by atoms with Gasteiger partial charge < -0.3 is 10.4 Å². The Kier molecular flexibility index (Phi) is 6.33. The van der Waals surface area contributed by atoms with Crippen molar-refractivity contribution in [3.05, 3.63) is 52.0 Å². The van der Waals surface area contributed by atoms with Crippen LogP contribution in [0.5, 0.6) is 0 Å². The van der Waals surface area contributed by atoms with Gasteiger partial charge in [-0.15, -0.1) is 11.3 Å². The zero-order chi connectivity index (χ0) is 16.9.